The minimum absolute atomic E-state index is 0.264. The van der Waals surface area contributed by atoms with Crippen LogP contribution in [0, 0.1) is 11.6 Å². The largest absolute Gasteiger partial charge is 0.497 e. The molecule has 1 heterocycles. The molecule has 0 bridgehead atoms. The van der Waals surface area contributed by atoms with Gasteiger partial charge in [-0.3, -0.25) is 4.31 Å². The second-order valence-corrected chi connectivity index (χ2v) is 7.14. The normalized spacial score (nSPS) is 14.5. The van der Waals surface area contributed by atoms with Crippen LogP contribution in [-0.2, 0) is 16.4 Å². The van der Waals surface area contributed by atoms with Crippen molar-refractivity contribution in [2.24, 2.45) is 0 Å². The van der Waals surface area contributed by atoms with Gasteiger partial charge in [-0.2, -0.15) is 0 Å². The highest BCUT2D eigenvalue weighted by Crippen LogP contribution is 2.34. The third kappa shape index (κ3) is 2.88. The molecule has 0 fully saturated rings. The monoisotopic (exact) mass is 339 g/mol. The average Bonchev–Trinajstić information content (AvgIpc) is 2.52. The highest BCUT2D eigenvalue weighted by atomic mass is 32.2. The van der Waals surface area contributed by atoms with Gasteiger partial charge in [0.15, 0.2) is 0 Å². The summed E-state index contributed by atoms with van der Waals surface area (Å²) in [7, 11) is -2.49. The van der Waals surface area contributed by atoms with Crippen molar-refractivity contribution in [1.82, 2.24) is 0 Å². The Hall–Kier alpha value is -2.15. The van der Waals surface area contributed by atoms with E-state index in [2.05, 4.69) is 0 Å². The number of rotatable bonds is 3. The SMILES string of the molecule is COc1ccc2c(c1)CCCN2S(=O)(=O)c1cc(F)cc(F)c1. The number of hydrogen-bond acceptors (Lipinski definition) is 3. The number of nitrogens with zero attached hydrogens (tertiary/aromatic N) is 1. The van der Waals surface area contributed by atoms with Gasteiger partial charge in [-0.05, 0) is 48.7 Å². The second-order valence-electron chi connectivity index (χ2n) is 5.28. The predicted octanol–water partition coefficient (Wildman–Crippen LogP) is 3.11. The van der Waals surface area contributed by atoms with Crippen molar-refractivity contribution in [1.29, 1.82) is 0 Å². The number of benzene rings is 2. The molecular weight excluding hydrogens is 324 g/mol. The zero-order valence-corrected chi connectivity index (χ0v) is 13.2. The molecule has 0 aromatic heterocycles. The summed E-state index contributed by atoms with van der Waals surface area (Å²) in [6.07, 6.45) is 1.34. The van der Waals surface area contributed by atoms with E-state index in [-0.39, 0.29) is 6.54 Å². The summed E-state index contributed by atoms with van der Waals surface area (Å²) in [5.41, 5.74) is 1.35. The highest BCUT2D eigenvalue weighted by Gasteiger charge is 2.30. The van der Waals surface area contributed by atoms with Gasteiger partial charge in [-0.15, -0.1) is 0 Å². The van der Waals surface area contributed by atoms with E-state index in [0.717, 1.165) is 24.1 Å². The number of sulfonamides is 1. The van der Waals surface area contributed by atoms with E-state index < -0.39 is 26.6 Å². The summed E-state index contributed by atoms with van der Waals surface area (Å²) in [4.78, 5) is -0.390. The van der Waals surface area contributed by atoms with Crippen molar-refractivity contribution in [3.63, 3.8) is 0 Å². The Morgan fingerprint density at radius 2 is 1.78 bits per heavy atom. The van der Waals surface area contributed by atoms with Crippen molar-refractivity contribution < 1.29 is 21.9 Å². The maximum absolute atomic E-state index is 13.4. The van der Waals surface area contributed by atoms with Gasteiger partial charge in [0.1, 0.15) is 17.4 Å². The van der Waals surface area contributed by atoms with Crippen LogP contribution in [0.3, 0.4) is 0 Å². The Balaban J connectivity index is 2.09. The van der Waals surface area contributed by atoms with Crippen LogP contribution in [0.4, 0.5) is 14.5 Å². The Bertz CT molecular complexity index is 832. The number of aryl methyl sites for hydroxylation is 1. The van der Waals surface area contributed by atoms with Gasteiger partial charge in [0, 0.05) is 12.6 Å². The van der Waals surface area contributed by atoms with E-state index in [0.29, 0.717) is 23.9 Å². The zero-order valence-electron chi connectivity index (χ0n) is 12.4. The van der Waals surface area contributed by atoms with Crippen LogP contribution in [0.25, 0.3) is 0 Å². The van der Waals surface area contributed by atoms with Gasteiger partial charge in [0.05, 0.1) is 17.7 Å². The highest BCUT2D eigenvalue weighted by molar-refractivity contribution is 7.92. The van der Waals surface area contributed by atoms with Crippen molar-refractivity contribution in [3.8, 4) is 5.75 Å². The van der Waals surface area contributed by atoms with E-state index >= 15 is 0 Å². The summed E-state index contributed by atoms with van der Waals surface area (Å²) in [5, 5.41) is 0. The zero-order chi connectivity index (χ0) is 16.6. The van der Waals surface area contributed by atoms with Crippen LogP contribution in [0.15, 0.2) is 41.3 Å². The summed E-state index contributed by atoms with van der Waals surface area (Å²) in [6.45, 7) is 0.264. The standard InChI is InChI=1S/C16H15F2NO3S/c1-22-14-4-5-16-11(7-14)3-2-6-19(16)23(20,21)15-9-12(17)8-13(18)10-15/h4-5,7-10H,2-3,6H2,1H3. The molecule has 0 amide bonds. The first kappa shape index (κ1) is 15.7. The summed E-state index contributed by atoms with van der Waals surface area (Å²) >= 11 is 0. The van der Waals surface area contributed by atoms with E-state index in [1.807, 2.05) is 0 Å². The molecule has 0 saturated heterocycles. The number of halogens is 2. The van der Waals surface area contributed by atoms with E-state index in [1.54, 1.807) is 18.2 Å². The maximum Gasteiger partial charge on any atom is 0.264 e. The van der Waals surface area contributed by atoms with Crippen LogP contribution < -0.4 is 9.04 Å². The van der Waals surface area contributed by atoms with Crippen molar-refractivity contribution in [2.45, 2.75) is 17.7 Å². The van der Waals surface area contributed by atoms with Crippen LogP contribution in [0.5, 0.6) is 5.75 Å². The Morgan fingerprint density at radius 1 is 1.09 bits per heavy atom. The minimum Gasteiger partial charge on any atom is -0.497 e. The fourth-order valence-electron chi connectivity index (χ4n) is 2.72. The number of fused-ring (bicyclic) bond motifs is 1. The molecule has 122 valence electrons. The number of ether oxygens (including phenoxy) is 1. The van der Waals surface area contributed by atoms with Crippen LogP contribution in [0.2, 0.25) is 0 Å². The summed E-state index contributed by atoms with van der Waals surface area (Å²) in [6, 6.07) is 7.41. The third-order valence-corrected chi connectivity index (χ3v) is 5.58. The Morgan fingerprint density at radius 3 is 2.43 bits per heavy atom. The molecule has 23 heavy (non-hydrogen) atoms. The minimum atomic E-state index is -4.03. The lowest BCUT2D eigenvalue weighted by molar-refractivity contribution is 0.414. The molecule has 0 radical (unpaired) electrons. The Labute approximate surface area is 133 Å². The van der Waals surface area contributed by atoms with Gasteiger partial charge in [0.2, 0.25) is 0 Å². The maximum atomic E-state index is 13.4. The quantitative estimate of drug-likeness (QED) is 0.863. The Kier molecular flexibility index (Phi) is 3.97. The molecule has 0 aliphatic carbocycles. The molecular formula is C16H15F2NO3S. The first-order chi connectivity index (χ1) is 10.9. The average molecular weight is 339 g/mol. The molecule has 0 spiro atoms. The van der Waals surface area contributed by atoms with E-state index in [9.17, 15) is 17.2 Å². The first-order valence-electron chi connectivity index (χ1n) is 7.07. The molecule has 1 aliphatic rings. The van der Waals surface area contributed by atoms with Crippen LogP contribution in [0.1, 0.15) is 12.0 Å². The lowest BCUT2D eigenvalue weighted by Gasteiger charge is -2.30. The molecule has 0 N–H and O–H groups in total. The van der Waals surface area contributed by atoms with Crippen molar-refractivity contribution in [3.05, 3.63) is 53.6 Å². The molecule has 0 unspecified atom stereocenters. The lowest BCUT2D eigenvalue weighted by atomic mass is 10.0. The van der Waals surface area contributed by atoms with Crippen LogP contribution >= 0.6 is 0 Å². The van der Waals surface area contributed by atoms with Gasteiger partial charge < -0.3 is 4.74 Å². The van der Waals surface area contributed by atoms with Crippen LogP contribution in [-0.4, -0.2) is 22.1 Å². The smallest absolute Gasteiger partial charge is 0.264 e. The number of anilines is 1. The summed E-state index contributed by atoms with van der Waals surface area (Å²) < 4.78 is 58.6. The molecule has 1 aliphatic heterocycles. The third-order valence-electron chi connectivity index (χ3n) is 3.79. The summed E-state index contributed by atoms with van der Waals surface area (Å²) in [5.74, 6) is -1.20. The van der Waals surface area contributed by atoms with Gasteiger partial charge in [0.25, 0.3) is 10.0 Å². The molecule has 0 saturated carbocycles. The molecule has 2 aromatic rings. The number of methoxy groups -OCH3 is 1. The van der Waals surface area contributed by atoms with E-state index in [4.69, 9.17) is 4.74 Å². The fourth-order valence-corrected chi connectivity index (χ4v) is 4.30. The van der Waals surface area contributed by atoms with E-state index in [1.165, 1.54) is 11.4 Å². The van der Waals surface area contributed by atoms with Gasteiger partial charge in [-0.1, -0.05) is 0 Å². The molecule has 3 rings (SSSR count). The first-order valence-corrected chi connectivity index (χ1v) is 8.51. The number of hydrogen-bond donors (Lipinski definition) is 0. The molecule has 2 aromatic carbocycles. The predicted molar refractivity (Wildman–Crippen MR) is 82.2 cm³/mol. The van der Waals surface area contributed by atoms with Gasteiger partial charge in [-0.25, -0.2) is 17.2 Å². The second kappa shape index (κ2) is 5.81. The fraction of sp³-hybridized carbons (Fsp3) is 0.250. The topological polar surface area (TPSA) is 46.6 Å². The van der Waals surface area contributed by atoms with Crippen molar-refractivity contribution >= 4 is 15.7 Å². The molecule has 4 nitrogen and oxygen atoms in total. The lowest BCUT2D eigenvalue weighted by Crippen LogP contribution is -2.35. The molecule has 7 heteroatoms. The van der Waals surface area contributed by atoms with Crippen molar-refractivity contribution in [2.75, 3.05) is 18.0 Å². The molecule has 0 atom stereocenters. The van der Waals surface area contributed by atoms with Gasteiger partial charge >= 0.3 is 0 Å².